The summed E-state index contributed by atoms with van der Waals surface area (Å²) in [5, 5.41) is 4.43. The van der Waals surface area contributed by atoms with Gasteiger partial charge in [0.1, 0.15) is 5.69 Å². The molecule has 204 valence electrons. The SMILES string of the molecule is CCC1CCC(Cn2c(N3CCO[C@@H]4CCC[C@H]43)nc3cc(-c4noc(=O)[nH]4)nc(-c4cncc(Cl)c4)c32)C1. The first-order valence-corrected chi connectivity index (χ1v) is 14.4. The van der Waals surface area contributed by atoms with Crippen molar-refractivity contribution in [3.63, 3.8) is 0 Å². The summed E-state index contributed by atoms with van der Waals surface area (Å²) in [5.74, 6) is 1.95. The summed E-state index contributed by atoms with van der Waals surface area (Å²) < 4.78 is 13.3. The molecule has 0 spiro atoms. The smallest absolute Gasteiger partial charge is 0.374 e. The first kappa shape index (κ1) is 24.8. The minimum atomic E-state index is -0.628. The largest absolute Gasteiger partial charge is 0.439 e. The molecule has 3 aliphatic rings. The zero-order chi connectivity index (χ0) is 26.5. The summed E-state index contributed by atoms with van der Waals surface area (Å²) in [6, 6.07) is 4.07. The van der Waals surface area contributed by atoms with E-state index in [1.807, 2.05) is 12.1 Å². The van der Waals surface area contributed by atoms with Crippen molar-refractivity contribution in [3.05, 3.63) is 40.1 Å². The minimum absolute atomic E-state index is 0.244. The Morgan fingerprint density at radius 3 is 2.82 bits per heavy atom. The zero-order valence-electron chi connectivity index (χ0n) is 22.0. The van der Waals surface area contributed by atoms with E-state index in [4.69, 9.17) is 30.8 Å². The Bertz CT molecular complexity index is 1560. The molecule has 3 fully saturated rings. The molecule has 0 amide bonds. The Morgan fingerprint density at radius 1 is 1.13 bits per heavy atom. The van der Waals surface area contributed by atoms with Crippen molar-refractivity contribution in [2.45, 2.75) is 70.6 Å². The molecule has 4 aromatic heterocycles. The number of nitrogens with one attached hydrogen (secondary N) is 1. The quantitative estimate of drug-likeness (QED) is 0.354. The van der Waals surface area contributed by atoms with E-state index in [-0.39, 0.29) is 11.9 Å². The van der Waals surface area contributed by atoms with Gasteiger partial charge >= 0.3 is 5.76 Å². The molecular formula is C28H32ClN7O3. The van der Waals surface area contributed by atoms with Gasteiger partial charge in [-0.3, -0.25) is 14.5 Å². The number of nitrogens with zero attached hydrogens (tertiary/aromatic N) is 6. The van der Waals surface area contributed by atoms with E-state index in [9.17, 15) is 4.79 Å². The van der Waals surface area contributed by atoms with Crippen LogP contribution in [0.2, 0.25) is 5.02 Å². The van der Waals surface area contributed by atoms with Crippen LogP contribution in [-0.2, 0) is 11.3 Å². The predicted octanol–water partition coefficient (Wildman–Crippen LogP) is 5.07. The van der Waals surface area contributed by atoms with Gasteiger partial charge in [0.15, 0.2) is 0 Å². The van der Waals surface area contributed by atoms with Crippen LogP contribution in [-0.4, -0.2) is 55.0 Å². The number of H-pyrrole nitrogens is 1. The topological polar surface area (TPSA) is 115 Å². The highest BCUT2D eigenvalue weighted by Gasteiger charge is 2.39. The monoisotopic (exact) mass is 549 g/mol. The van der Waals surface area contributed by atoms with Crippen molar-refractivity contribution < 1.29 is 9.26 Å². The number of aromatic nitrogens is 6. The number of ether oxygens (including phenoxy) is 1. The van der Waals surface area contributed by atoms with E-state index in [0.29, 0.717) is 35.0 Å². The second kappa shape index (κ2) is 10.1. The molecule has 4 aromatic rings. The summed E-state index contributed by atoms with van der Waals surface area (Å²) in [6.07, 6.45) is 11.9. The lowest BCUT2D eigenvalue weighted by Gasteiger charge is -2.38. The minimum Gasteiger partial charge on any atom is -0.374 e. The van der Waals surface area contributed by atoms with Crippen molar-refractivity contribution in [3.8, 4) is 22.8 Å². The van der Waals surface area contributed by atoms with Gasteiger partial charge < -0.3 is 14.2 Å². The first-order valence-electron chi connectivity index (χ1n) is 14.0. The molecule has 11 heteroatoms. The van der Waals surface area contributed by atoms with E-state index >= 15 is 0 Å². The van der Waals surface area contributed by atoms with Crippen molar-refractivity contribution in [2.24, 2.45) is 11.8 Å². The van der Waals surface area contributed by atoms with Crippen LogP contribution in [0.15, 0.2) is 33.8 Å². The van der Waals surface area contributed by atoms with Crippen molar-refractivity contribution in [2.75, 3.05) is 18.1 Å². The number of aromatic amines is 1. The van der Waals surface area contributed by atoms with Crippen molar-refractivity contribution in [1.29, 1.82) is 0 Å². The summed E-state index contributed by atoms with van der Waals surface area (Å²) in [7, 11) is 0. The molecule has 7 rings (SSSR count). The normalized spacial score (nSPS) is 25.0. The third-order valence-electron chi connectivity index (χ3n) is 8.77. The molecule has 0 aromatic carbocycles. The lowest BCUT2D eigenvalue weighted by molar-refractivity contribution is 0.0247. The van der Waals surface area contributed by atoms with Crippen LogP contribution in [0.5, 0.6) is 0 Å². The van der Waals surface area contributed by atoms with Gasteiger partial charge in [0.25, 0.3) is 0 Å². The molecule has 0 bridgehead atoms. The molecule has 10 nitrogen and oxygen atoms in total. The summed E-state index contributed by atoms with van der Waals surface area (Å²) in [5.41, 5.74) is 3.71. The van der Waals surface area contributed by atoms with E-state index in [2.05, 4.69) is 31.5 Å². The number of hydrogen-bond donors (Lipinski definition) is 1. The van der Waals surface area contributed by atoms with Gasteiger partial charge in [-0.05, 0) is 56.1 Å². The number of morpholine rings is 1. The molecule has 1 N–H and O–H groups in total. The molecule has 2 saturated carbocycles. The molecule has 4 atom stereocenters. The van der Waals surface area contributed by atoms with Gasteiger partial charge in [0.05, 0.1) is 40.5 Å². The van der Waals surface area contributed by atoms with E-state index < -0.39 is 5.76 Å². The Hall–Kier alpha value is -3.24. The number of imidazole rings is 1. The number of fused-ring (bicyclic) bond motifs is 2. The highest BCUT2D eigenvalue weighted by atomic mass is 35.5. The van der Waals surface area contributed by atoms with Crippen LogP contribution in [0.3, 0.4) is 0 Å². The van der Waals surface area contributed by atoms with Gasteiger partial charge in [0.2, 0.25) is 11.8 Å². The molecule has 1 saturated heterocycles. The zero-order valence-corrected chi connectivity index (χ0v) is 22.7. The first-order chi connectivity index (χ1) is 19.1. The van der Waals surface area contributed by atoms with Crippen LogP contribution >= 0.6 is 11.6 Å². The third kappa shape index (κ3) is 4.53. The van der Waals surface area contributed by atoms with Gasteiger partial charge in [-0.25, -0.2) is 14.8 Å². The maximum Gasteiger partial charge on any atom is 0.439 e. The standard InChI is InChI=1S/C28H32ClN7O3/c1-2-16-6-7-17(10-16)15-36-25-20(32-27(36)35-8-9-38-23-5-3-4-22(23)35)12-21(26-33-28(37)39-34-26)31-24(25)18-11-19(29)14-30-13-18/h11-14,16-17,22-23H,2-10,15H2,1H3,(H,33,34,37)/t16?,17?,22-,23-/m1/s1. The molecule has 2 unspecified atom stereocenters. The van der Waals surface area contributed by atoms with Crippen LogP contribution in [0.4, 0.5) is 5.95 Å². The van der Waals surface area contributed by atoms with Crippen LogP contribution in [0.25, 0.3) is 33.8 Å². The van der Waals surface area contributed by atoms with E-state index in [0.717, 1.165) is 60.8 Å². The van der Waals surface area contributed by atoms with Gasteiger partial charge in [-0.2, -0.15) is 0 Å². The average Bonchev–Trinajstić information content (AvgIpc) is 3.75. The number of rotatable bonds is 6. The van der Waals surface area contributed by atoms with Gasteiger partial charge in [0, 0.05) is 31.0 Å². The third-order valence-corrected chi connectivity index (χ3v) is 8.98. The summed E-state index contributed by atoms with van der Waals surface area (Å²) in [4.78, 5) is 31.5. The number of anilines is 1. The fourth-order valence-electron chi connectivity index (χ4n) is 6.89. The highest BCUT2D eigenvalue weighted by molar-refractivity contribution is 6.30. The number of pyridine rings is 2. The Kier molecular flexibility index (Phi) is 6.39. The molecule has 39 heavy (non-hydrogen) atoms. The second-order valence-corrected chi connectivity index (χ2v) is 11.6. The number of halogens is 1. The molecule has 5 heterocycles. The maximum absolute atomic E-state index is 11.8. The molecule has 1 aliphatic heterocycles. The van der Waals surface area contributed by atoms with Crippen LogP contribution in [0.1, 0.15) is 51.9 Å². The Labute approximate surface area is 230 Å². The van der Waals surface area contributed by atoms with Gasteiger partial charge in [-0.15, -0.1) is 0 Å². The van der Waals surface area contributed by atoms with Crippen LogP contribution < -0.4 is 10.7 Å². The lowest BCUT2D eigenvalue weighted by atomic mass is 10.0. The van der Waals surface area contributed by atoms with E-state index in [1.54, 1.807) is 12.4 Å². The van der Waals surface area contributed by atoms with E-state index in [1.165, 1.54) is 25.7 Å². The average molecular weight is 550 g/mol. The second-order valence-electron chi connectivity index (χ2n) is 11.1. The molecule has 0 radical (unpaired) electrons. The maximum atomic E-state index is 11.8. The van der Waals surface area contributed by atoms with Crippen LogP contribution in [0, 0.1) is 11.8 Å². The van der Waals surface area contributed by atoms with Gasteiger partial charge in [-0.1, -0.05) is 36.5 Å². The lowest BCUT2D eigenvalue weighted by Crippen LogP contribution is -2.49. The highest BCUT2D eigenvalue weighted by Crippen LogP contribution is 2.40. The summed E-state index contributed by atoms with van der Waals surface area (Å²) >= 11 is 6.39. The Morgan fingerprint density at radius 2 is 2.03 bits per heavy atom. The van der Waals surface area contributed by atoms with Crippen molar-refractivity contribution >= 4 is 28.6 Å². The fourth-order valence-corrected chi connectivity index (χ4v) is 7.06. The summed E-state index contributed by atoms with van der Waals surface area (Å²) in [6.45, 7) is 4.67. The molecule has 2 aliphatic carbocycles. The predicted molar refractivity (Wildman–Crippen MR) is 148 cm³/mol. The molecular weight excluding hydrogens is 518 g/mol. The number of hydrogen-bond acceptors (Lipinski definition) is 8. The fraction of sp³-hybridized carbons (Fsp3) is 0.536. The van der Waals surface area contributed by atoms with Crippen molar-refractivity contribution in [1.82, 2.24) is 29.7 Å². The Balaban J connectivity index is 1.44.